The largest absolute Gasteiger partial charge is 0.339 e. The molecule has 1 aliphatic carbocycles. The molecular weight excluding hydrogens is 342 g/mol. The first-order chi connectivity index (χ1) is 10.3. The van der Waals surface area contributed by atoms with Gasteiger partial charge in [0.25, 0.3) is 0 Å². The molecule has 4 rings (SSSR count). The molecule has 1 saturated carbocycles. The van der Waals surface area contributed by atoms with E-state index in [1.54, 1.807) is 0 Å². The van der Waals surface area contributed by atoms with Crippen molar-refractivity contribution in [3.63, 3.8) is 0 Å². The Bertz CT molecular complexity index is 615. The Morgan fingerprint density at radius 2 is 1.52 bits per heavy atom. The van der Waals surface area contributed by atoms with E-state index < -0.39 is 0 Å². The Morgan fingerprint density at radius 1 is 0.952 bits per heavy atom. The van der Waals surface area contributed by atoms with Crippen molar-refractivity contribution < 1.29 is 0 Å². The number of nitrogens with zero attached hydrogens (tertiary/aromatic N) is 1. The maximum atomic E-state index is 3.76. The third-order valence-corrected chi connectivity index (χ3v) is 7.04. The van der Waals surface area contributed by atoms with Gasteiger partial charge in [0.05, 0.1) is 11.4 Å². The van der Waals surface area contributed by atoms with Crippen LogP contribution in [0.5, 0.6) is 0 Å². The number of fused-ring (bicyclic) bond motifs is 2. The summed E-state index contributed by atoms with van der Waals surface area (Å²) in [6.07, 6.45) is 4.05. The summed E-state index contributed by atoms with van der Waals surface area (Å²) in [5.74, 6) is 0. The van der Waals surface area contributed by atoms with Crippen LogP contribution in [0, 0.1) is 5.41 Å². The quantitative estimate of drug-likeness (QED) is 0.631. The van der Waals surface area contributed by atoms with Crippen LogP contribution in [0.15, 0.2) is 58.3 Å². The Balaban J connectivity index is 1.78. The topological polar surface area (TPSA) is 3.24 Å². The van der Waals surface area contributed by atoms with Crippen LogP contribution in [0.1, 0.15) is 19.3 Å². The Morgan fingerprint density at radius 3 is 2.00 bits per heavy atom. The second kappa shape index (κ2) is 5.36. The fraction of sp³-hybridized carbons (Fsp3) is 0.333. The fourth-order valence-corrected chi connectivity index (χ4v) is 5.13. The van der Waals surface area contributed by atoms with E-state index in [0.29, 0.717) is 5.41 Å². The molecule has 21 heavy (non-hydrogen) atoms. The average Bonchev–Trinajstić information content (AvgIpc) is 2.50. The van der Waals surface area contributed by atoms with Gasteiger partial charge in [-0.15, -0.1) is 0 Å². The number of hydrogen-bond acceptors (Lipinski definition) is 2. The molecular formula is C18H18BrNS. The highest BCUT2D eigenvalue weighted by atomic mass is 79.9. The number of rotatable bonds is 3. The van der Waals surface area contributed by atoms with Crippen molar-refractivity contribution in [2.45, 2.75) is 29.1 Å². The first kappa shape index (κ1) is 13.7. The van der Waals surface area contributed by atoms with Crippen LogP contribution >= 0.6 is 27.7 Å². The molecule has 0 spiro atoms. The van der Waals surface area contributed by atoms with Crippen LogP contribution < -0.4 is 4.90 Å². The summed E-state index contributed by atoms with van der Waals surface area (Å²) in [5.41, 5.74) is 3.18. The van der Waals surface area contributed by atoms with Gasteiger partial charge in [-0.3, -0.25) is 0 Å². The zero-order valence-electron chi connectivity index (χ0n) is 11.9. The van der Waals surface area contributed by atoms with E-state index in [2.05, 4.69) is 69.4 Å². The average molecular weight is 360 g/mol. The van der Waals surface area contributed by atoms with Crippen molar-refractivity contribution in [2.24, 2.45) is 5.41 Å². The Hall–Kier alpha value is -0.930. The van der Waals surface area contributed by atoms with E-state index in [9.17, 15) is 0 Å². The van der Waals surface area contributed by atoms with Crippen molar-refractivity contribution in [1.82, 2.24) is 0 Å². The monoisotopic (exact) mass is 359 g/mol. The molecule has 1 heterocycles. The molecule has 2 aromatic carbocycles. The minimum atomic E-state index is 0.447. The van der Waals surface area contributed by atoms with E-state index in [-0.39, 0.29) is 0 Å². The van der Waals surface area contributed by atoms with Crippen LogP contribution in [0.3, 0.4) is 0 Å². The minimum absolute atomic E-state index is 0.447. The summed E-state index contributed by atoms with van der Waals surface area (Å²) in [4.78, 5) is 5.29. The van der Waals surface area contributed by atoms with Crippen LogP contribution in [0.2, 0.25) is 0 Å². The number of hydrogen-bond donors (Lipinski definition) is 0. The summed E-state index contributed by atoms with van der Waals surface area (Å²) in [6, 6.07) is 17.6. The third kappa shape index (κ3) is 2.31. The van der Waals surface area contributed by atoms with Crippen LogP contribution in [0.25, 0.3) is 0 Å². The molecule has 0 radical (unpaired) electrons. The molecule has 0 saturated heterocycles. The number of halogens is 1. The molecule has 1 nitrogen and oxygen atoms in total. The number of benzene rings is 2. The third-order valence-electron chi connectivity index (χ3n) is 4.72. The molecule has 0 bridgehead atoms. The van der Waals surface area contributed by atoms with Gasteiger partial charge >= 0.3 is 0 Å². The van der Waals surface area contributed by atoms with Gasteiger partial charge in [0.2, 0.25) is 0 Å². The molecule has 0 N–H and O–H groups in total. The summed E-state index contributed by atoms with van der Waals surface area (Å²) < 4.78 is 0. The zero-order valence-corrected chi connectivity index (χ0v) is 14.3. The zero-order chi connectivity index (χ0) is 14.3. The predicted octanol–water partition coefficient (Wildman–Crippen LogP) is 5.85. The van der Waals surface area contributed by atoms with Gasteiger partial charge in [-0.05, 0) is 42.5 Å². The first-order valence-corrected chi connectivity index (χ1v) is 9.45. The van der Waals surface area contributed by atoms with Crippen LogP contribution in [-0.4, -0.2) is 11.9 Å². The fourth-order valence-electron chi connectivity index (χ4n) is 3.30. The van der Waals surface area contributed by atoms with Crippen molar-refractivity contribution >= 4 is 39.1 Å². The lowest BCUT2D eigenvalue weighted by atomic mass is 9.70. The van der Waals surface area contributed by atoms with Gasteiger partial charge in [-0.25, -0.2) is 0 Å². The lowest BCUT2D eigenvalue weighted by molar-refractivity contribution is 0.181. The van der Waals surface area contributed by atoms with Crippen molar-refractivity contribution in [3.8, 4) is 0 Å². The van der Waals surface area contributed by atoms with Crippen molar-refractivity contribution in [3.05, 3.63) is 48.5 Å². The predicted molar refractivity (Wildman–Crippen MR) is 94.1 cm³/mol. The highest BCUT2D eigenvalue weighted by Gasteiger charge is 2.39. The van der Waals surface area contributed by atoms with Gasteiger partial charge in [0, 0.05) is 21.7 Å². The molecule has 0 atom stereocenters. The second-order valence-corrected chi connectivity index (χ2v) is 7.76. The molecule has 0 amide bonds. The second-order valence-electron chi connectivity index (χ2n) is 6.11. The van der Waals surface area contributed by atoms with Crippen LogP contribution in [0.4, 0.5) is 11.4 Å². The summed E-state index contributed by atoms with van der Waals surface area (Å²) in [7, 11) is 0. The molecule has 0 unspecified atom stereocenters. The maximum absolute atomic E-state index is 3.76. The van der Waals surface area contributed by atoms with Crippen LogP contribution in [-0.2, 0) is 0 Å². The highest BCUT2D eigenvalue weighted by Crippen LogP contribution is 2.51. The smallest absolute Gasteiger partial charge is 0.0553 e. The first-order valence-electron chi connectivity index (χ1n) is 7.51. The lowest BCUT2D eigenvalue weighted by Crippen LogP contribution is -2.42. The summed E-state index contributed by atoms with van der Waals surface area (Å²) in [5, 5.41) is 1.11. The van der Waals surface area contributed by atoms with E-state index in [1.165, 1.54) is 40.4 Å². The minimum Gasteiger partial charge on any atom is -0.339 e. The molecule has 3 heteroatoms. The van der Waals surface area contributed by atoms with Gasteiger partial charge < -0.3 is 4.90 Å². The van der Waals surface area contributed by atoms with Gasteiger partial charge in [-0.2, -0.15) is 0 Å². The molecule has 2 aromatic rings. The van der Waals surface area contributed by atoms with Gasteiger partial charge in [0.1, 0.15) is 0 Å². The molecule has 1 aliphatic heterocycles. The Kier molecular flexibility index (Phi) is 3.50. The number of anilines is 2. The molecule has 108 valence electrons. The number of para-hydroxylation sites is 2. The van der Waals surface area contributed by atoms with E-state index in [0.717, 1.165) is 11.9 Å². The summed E-state index contributed by atoms with van der Waals surface area (Å²) in [6.45, 7) is 1.12. The van der Waals surface area contributed by atoms with E-state index in [1.807, 2.05) is 11.8 Å². The van der Waals surface area contributed by atoms with Gasteiger partial charge in [-0.1, -0.05) is 58.4 Å². The highest BCUT2D eigenvalue weighted by molar-refractivity contribution is 9.09. The van der Waals surface area contributed by atoms with Gasteiger partial charge in [0.15, 0.2) is 0 Å². The van der Waals surface area contributed by atoms with Crippen molar-refractivity contribution in [2.75, 3.05) is 16.8 Å². The SMILES string of the molecule is BrCC1(CN2c3ccccc3Sc3ccccc32)CCC1. The molecule has 1 fully saturated rings. The molecule has 2 aliphatic rings. The maximum Gasteiger partial charge on any atom is 0.0553 e. The standard InChI is InChI=1S/C18H18BrNS/c19-12-18(10-5-11-18)13-20-14-6-1-3-8-16(14)21-17-9-4-2-7-15(17)20/h1-4,6-9H,5,10-13H2. The summed E-state index contributed by atoms with van der Waals surface area (Å²) >= 11 is 5.65. The van der Waals surface area contributed by atoms with E-state index in [4.69, 9.17) is 0 Å². The van der Waals surface area contributed by atoms with Crippen molar-refractivity contribution in [1.29, 1.82) is 0 Å². The normalized spacial score (nSPS) is 18.6. The lowest BCUT2D eigenvalue weighted by Gasteiger charge is -2.46. The Labute approximate surface area is 138 Å². The molecule has 0 aromatic heterocycles. The van der Waals surface area contributed by atoms with E-state index >= 15 is 0 Å². The number of alkyl halides is 1.